The summed E-state index contributed by atoms with van der Waals surface area (Å²) in [4.78, 5) is 4.83. The summed E-state index contributed by atoms with van der Waals surface area (Å²) < 4.78 is 7.30. The summed E-state index contributed by atoms with van der Waals surface area (Å²) in [5.41, 5.74) is 5.84. The van der Waals surface area contributed by atoms with E-state index in [0.29, 0.717) is 5.75 Å². The first-order chi connectivity index (χ1) is 13.0. The van der Waals surface area contributed by atoms with Crippen LogP contribution >= 0.6 is 0 Å². The van der Waals surface area contributed by atoms with E-state index in [1.54, 1.807) is 12.1 Å². The second-order valence-electron chi connectivity index (χ2n) is 6.62. The molecule has 0 bridgehead atoms. The monoisotopic (exact) mass is 359 g/mol. The molecular formula is C22H21N3O2. The van der Waals surface area contributed by atoms with Crippen LogP contribution in [0.3, 0.4) is 0 Å². The number of phenols is 1. The van der Waals surface area contributed by atoms with E-state index in [2.05, 4.69) is 30.4 Å². The second kappa shape index (κ2) is 6.68. The average molecular weight is 359 g/mol. The quantitative estimate of drug-likeness (QED) is 0.534. The molecule has 0 spiro atoms. The SMILES string of the molecule is COc1cc(-c2nc3cc(C)ccn3c2Nc2ccc(C)cc2)ccc1O. The number of benzene rings is 2. The van der Waals surface area contributed by atoms with Crippen LogP contribution in [0.1, 0.15) is 11.1 Å². The van der Waals surface area contributed by atoms with Crippen LogP contribution in [0.5, 0.6) is 11.5 Å². The Kier molecular flexibility index (Phi) is 4.20. The maximum absolute atomic E-state index is 9.92. The fraction of sp³-hybridized carbons (Fsp3) is 0.136. The molecule has 0 fully saturated rings. The number of ether oxygens (including phenoxy) is 1. The summed E-state index contributed by atoms with van der Waals surface area (Å²) >= 11 is 0. The lowest BCUT2D eigenvalue weighted by Gasteiger charge is -2.10. The van der Waals surface area contributed by atoms with Gasteiger partial charge in [-0.1, -0.05) is 17.7 Å². The van der Waals surface area contributed by atoms with Crippen molar-refractivity contribution in [2.45, 2.75) is 13.8 Å². The minimum absolute atomic E-state index is 0.105. The molecule has 0 atom stereocenters. The van der Waals surface area contributed by atoms with Gasteiger partial charge in [0.25, 0.3) is 0 Å². The number of aromatic hydroxyl groups is 1. The van der Waals surface area contributed by atoms with Crippen molar-refractivity contribution in [1.82, 2.24) is 9.38 Å². The molecule has 4 rings (SSSR count). The molecule has 0 saturated heterocycles. The van der Waals surface area contributed by atoms with Crippen LogP contribution in [-0.4, -0.2) is 21.6 Å². The number of aromatic nitrogens is 2. The van der Waals surface area contributed by atoms with Gasteiger partial charge in [-0.15, -0.1) is 0 Å². The number of nitrogens with one attached hydrogen (secondary N) is 1. The van der Waals surface area contributed by atoms with Crippen molar-refractivity contribution in [3.05, 3.63) is 71.9 Å². The molecule has 136 valence electrons. The van der Waals surface area contributed by atoms with E-state index < -0.39 is 0 Å². The van der Waals surface area contributed by atoms with E-state index in [1.807, 2.05) is 41.8 Å². The number of nitrogens with zero attached hydrogens (tertiary/aromatic N) is 2. The number of aryl methyl sites for hydroxylation is 2. The van der Waals surface area contributed by atoms with Crippen LogP contribution in [0, 0.1) is 13.8 Å². The van der Waals surface area contributed by atoms with Gasteiger partial charge < -0.3 is 15.2 Å². The molecule has 2 heterocycles. The fourth-order valence-corrected chi connectivity index (χ4v) is 3.07. The fourth-order valence-electron chi connectivity index (χ4n) is 3.07. The molecule has 0 unspecified atom stereocenters. The largest absolute Gasteiger partial charge is 0.504 e. The highest BCUT2D eigenvalue weighted by molar-refractivity contribution is 5.81. The molecule has 5 nitrogen and oxygen atoms in total. The van der Waals surface area contributed by atoms with E-state index in [-0.39, 0.29) is 5.75 Å². The van der Waals surface area contributed by atoms with Gasteiger partial charge in [0.05, 0.1) is 7.11 Å². The molecule has 2 aromatic carbocycles. The van der Waals surface area contributed by atoms with Crippen molar-refractivity contribution in [3.63, 3.8) is 0 Å². The molecule has 2 aromatic heterocycles. The number of anilines is 2. The van der Waals surface area contributed by atoms with Gasteiger partial charge in [0.15, 0.2) is 11.5 Å². The second-order valence-corrected chi connectivity index (χ2v) is 6.62. The third-order valence-electron chi connectivity index (χ3n) is 4.55. The van der Waals surface area contributed by atoms with Gasteiger partial charge in [-0.3, -0.25) is 4.40 Å². The molecular weight excluding hydrogens is 338 g/mol. The van der Waals surface area contributed by atoms with Gasteiger partial charge in [0, 0.05) is 17.4 Å². The van der Waals surface area contributed by atoms with Crippen molar-refractivity contribution in [1.29, 1.82) is 0 Å². The van der Waals surface area contributed by atoms with E-state index in [0.717, 1.165) is 34.0 Å². The maximum Gasteiger partial charge on any atom is 0.161 e. The Hall–Kier alpha value is -3.47. The lowest BCUT2D eigenvalue weighted by molar-refractivity contribution is 0.373. The van der Waals surface area contributed by atoms with Crippen LogP contribution in [0.25, 0.3) is 16.9 Å². The molecule has 0 saturated carbocycles. The molecule has 0 radical (unpaired) electrons. The van der Waals surface area contributed by atoms with Crippen LogP contribution in [0.4, 0.5) is 11.5 Å². The minimum atomic E-state index is 0.105. The van der Waals surface area contributed by atoms with Gasteiger partial charge in [0.2, 0.25) is 0 Å². The Balaban J connectivity index is 1.89. The van der Waals surface area contributed by atoms with Crippen LogP contribution in [0.15, 0.2) is 60.8 Å². The van der Waals surface area contributed by atoms with Gasteiger partial charge in [-0.25, -0.2) is 4.98 Å². The molecule has 0 aliphatic rings. The predicted octanol–water partition coefficient (Wildman–Crippen LogP) is 5.08. The third kappa shape index (κ3) is 3.19. The Morgan fingerprint density at radius 2 is 1.74 bits per heavy atom. The van der Waals surface area contributed by atoms with E-state index >= 15 is 0 Å². The van der Waals surface area contributed by atoms with Gasteiger partial charge >= 0.3 is 0 Å². The van der Waals surface area contributed by atoms with E-state index in [4.69, 9.17) is 9.72 Å². The first kappa shape index (κ1) is 17.0. The number of methoxy groups -OCH3 is 1. The summed E-state index contributed by atoms with van der Waals surface area (Å²) in [6.07, 6.45) is 2.01. The summed E-state index contributed by atoms with van der Waals surface area (Å²) in [7, 11) is 1.54. The first-order valence-corrected chi connectivity index (χ1v) is 8.75. The molecule has 2 N–H and O–H groups in total. The average Bonchev–Trinajstić information content (AvgIpc) is 3.01. The Morgan fingerprint density at radius 3 is 2.48 bits per heavy atom. The first-order valence-electron chi connectivity index (χ1n) is 8.75. The molecule has 0 aliphatic carbocycles. The standard InChI is InChI=1S/C22H21N3O2/c1-14-4-7-17(8-5-14)23-22-21(16-6-9-18(26)19(13-16)27-3)24-20-12-15(2)10-11-25(20)22/h4-13,23,26H,1-3H3. The van der Waals surface area contributed by atoms with Crippen molar-refractivity contribution in [2.75, 3.05) is 12.4 Å². The van der Waals surface area contributed by atoms with E-state index in [1.165, 1.54) is 12.7 Å². The van der Waals surface area contributed by atoms with Gasteiger partial charge in [-0.05, 0) is 61.9 Å². The number of hydrogen-bond donors (Lipinski definition) is 2. The Labute approximate surface area is 157 Å². The maximum atomic E-state index is 9.92. The van der Waals surface area contributed by atoms with Crippen molar-refractivity contribution >= 4 is 17.2 Å². The molecule has 0 aliphatic heterocycles. The van der Waals surface area contributed by atoms with Crippen LogP contribution < -0.4 is 10.1 Å². The number of fused-ring (bicyclic) bond motifs is 1. The topological polar surface area (TPSA) is 58.8 Å². The summed E-state index contributed by atoms with van der Waals surface area (Å²) in [5.74, 6) is 1.39. The number of hydrogen-bond acceptors (Lipinski definition) is 4. The zero-order valence-electron chi connectivity index (χ0n) is 15.5. The van der Waals surface area contributed by atoms with Gasteiger partial charge in [0.1, 0.15) is 17.2 Å². The molecule has 4 aromatic rings. The number of phenolic OH excluding ortho intramolecular Hbond substituents is 1. The number of imidazole rings is 1. The molecule has 5 heteroatoms. The number of rotatable bonds is 4. The molecule has 0 amide bonds. The Bertz CT molecular complexity index is 1110. The van der Waals surface area contributed by atoms with Gasteiger partial charge in [-0.2, -0.15) is 0 Å². The lowest BCUT2D eigenvalue weighted by atomic mass is 10.1. The van der Waals surface area contributed by atoms with Crippen molar-refractivity contribution < 1.29 is 9.84 Å². The Morgan fingerprint density at radius 1 is 0.963 bits per heavy atom. The summed E-state index contributed by atoms with van der Waals surface area (Å²) in [5, 5.41) is 13.4. The zero-order valence-corrected chi connectivity index (χ0v) is 15.5. The summed E-state index contributed by atoms with van der Waals surface area (Å²) in [6, 6.07) is 17.6. The predicted molar refractivity (Wildman–Crippen MR) is 108 cm³/mol. The summed E-state index contributed by atoms with van der Waals surface area (Å²) in [6.45, 7) is 4.11. The highest BCUT2D eigenvalue weighted by Gasteiger charge is 2.16. The molecule has 27 heavy (non-hydrogen) atoms. The van der Waals surface area contributed by atoms with E-state index in [9.17, 15) is 5.11 Å². The minimum Gasteiger partial charge on any atom is -0.504 e. The smallest absolute Gasteiger partial charge is 0.161 e. The zero-order chi connectivity index (χ0) is 19.0. The highest BCUT2D eigenvalue weighted by Crippen LogP contribution is 2.36. The normalized spacial score (nSPS) is 10.9. The van der Waals surface area contributed by atoms with Crippen molar-refractivity contribution in [3.8, 4) is 22.8 Å². The third-order valence-corrected chi connectivity index (χ3v) is 4.55. The van der Waals surface area contributed by atoms with Crippen LogP contribution in [0.2, 0.25) is 0 Å². The van der Waals surface area contributed by atoms with Crippen molar-refractivity contribution in [2.24, 2.45) is 0 Å². The number of pyridine rings is 1. The highest BCUT2D eigenvalue weighted by atomic mass is 16.5. The van der Waals surface area contributed by atoms with Crippen LogP contribution in [-0.2, 0) is 0 Å². The lowest BCUT2D eigenvalue weighted by Crippen LogP contribution is -1.97.